The van der Waals surface area contributed by atoms with Crippen molar-refractivity contribution < 1.29 is 13.9 Å². The number of para-hydroxylation sites is 2. The summed E-state index contributed by atoms with van der Waals surface area (Å²) < 4.78 is 11.2. The second-order valence-electron chi connectivity index (χ2n) is 4.57. The molecular formula is C16H10O3. The first-order valence-electron chi connectivity index (χ1n) is 6.13. The maximum absolute atomic E-state index is 12.3. The number of benzene rings is 2. The summed E-state index contributed by atoms with van der Waals surface area (Å²) >= 11 is 0. The number of fused-ring (bicyclic) bond motifs is 4. The van der Waals surface area contributed by atoms with Gasteiger partial charge in [-0.05, 0) is 12.1 Å². The van der Waals surface area contributed by atoms with Crippen LogP contribution in [0.3, 0.4) is 0 Å². The topological polar surface area (TPSA) is 39.4 Å². The number of esters is 1. The quantitative estimate of drug-likeness (QED) is 0.452. The molecule has 0 spiro atoms. The summed E-state index contributed by atoms with van der Waals surface area (Å²) in [6.07, 6.45) is 0.575. The molecule has 0 aliphatic carbocycles. The fourth-order valence-electron chi connectivity index (χ4n) is 2.52. The van der Waals surface area contributed by atoms with Crippen LogP contribution in [0, 0.1) is 0 Å². The van der Waals surface area contributed by atoms with Crippen LogP contribution in [0.2, 0.25) is 0 Å². The Morgan fingerprint density at radius 3 is 2.68 bits per heavy atom. The molecule has 92 valence electrons. The normalized spacial score (nSPS) is 13.6. The van der Waals surface area contributed by atoms with E-state index in [4.69, 9.17) is 9.15 Å². The second-order valence-corrected chi connectivity index (χ2v) is 4.57. The van der Waals surface area contributed by atoms with E-state index in [-0.39, 0.29) is 5.97 Å². The zero-order valence-electron chi connectivity index (χ0n) is 10.1. The number of furan rings is 1. The third-order valence-corrected chi connectivity index (χ3v) is 3.40. The number of rotatable bonds is 0. The van der Waals surface area contributed by atoms with Crippen molar-refractivity contribution >= 4 is 16.9 Å². The van der Waals surface area contributed by atoms with E-state index < -0.39 is 0 Å². The van der Waals surface area contributed by atoms with E-state index in [0.29, 0.717) is 23.5 Å². The molecule has 0 amide bonds. The largest absolute Gasteiger partial charge is 0.460 e. The molecule has 0 N–H and O–H groups in total. The van der Waals surface area contributed by atoms with E-state index in [2.05, 4.69) is 0 Å². The number of hydrogen-bond donors (Lipinski definition) is 0. The van der Waals surface area contributed by atoms with Crippen molar-refractivity contribution in [3.05, 3.63) is 65.4 Å². The molecule has 0 saturated heterocycles. The Morgan fingerprint density at radius 2 is 1.74 bits per heavy atom. The van der Waals surface area contributed by atoms with E-state index in [1.807, 2.05) is 42.5 Å². The molecule has 3 nitrogen and oxygen atoms in total. The minimum absolute atomic E-state index is 0.343. The molecule has 0 fully saturated rings. The average Bonchev–Trinajstić information content (AvgIpc) is 2.72. The molecule has 4 rings (SSSR count). The Kier molecular flexibility index (Phi) is 2.03. The highest BCUT2D eigenvalue weighted by Crippen LogP contribution is 2.33. The van der Waals surface area contributed by atoms with Crippen LogP contribution >= 0.6 is 0 Å². The van der Waals surface area contributed by atoms with Gasteiger partial charge in [0.2, 0.25) is 0 Å². The molecule has 2 aromatic carbocycles. The Balaban J connectivity index is 2.00. The third-order valence-electron chi connectivity index (χ3n) is 3.40. The van der Waals surface area contributed by atoms with Crippen LogP contribution in [0.25, 0.3) is 11.0 Å². The summed E-state index contributed by atoms with van der Waals surface area (Å²) in [6.45, 7) is 0. The van der Waals surface area contributed by atoms with Gasteiger partial charge in [-0.1, -0.05) is 36.4 Å². The van der Waals surface area contributed by atoms with E-state index in [1.165, 1.54) is 0 Å². The first-order chi connectivity index (χ1) is 9.33. The van der Waals surface area contributed by atoms with Crippen molar-refractivity contribution in [3.63, 3.8) is 0 Å². The van der Waals surface area contributed by atoms with Crippen molar-refractivity contribution in [1.29, 1.82) is 0 Å². The summed E-state index contributed by atoms with van der Waals surface area (Å²) in [7, 11) is 0. The maximum Gasteiger partial charge on any atom is 0.347 e. The summed E-state index contributed by atoms with van der Waals surface area (Å²) in [5.74, 6) is 0.948. The highest BCUT2D eigenvalue weighted by molar-refractivity contribution is 6.06. The lowest BCUT2D eigenvalue weighted by molar-refractivity contribution is 0.0737. The lowest BCUT2D eigenvalue weighted by Crippen LogP contribution is -2.07. The van der Waals surface area contributed by atoms with Crippen LogP contribution in [0.4, 0.5) is 0 Å². The first-order valence-corrected chi connectivity index (χ1v) is 6.13. The Labute approximate surface area is 109 Å². The number of carbonyl (C=O) groups excluding carboxylic acids is 1. The molecular weight excluding hydrogens is 240 g/mol. The Bertz CT molecular complexity index is 799. The fraction of sp³-hybridized carbons (Fsp3) is 0.0625. The molecule has 0 unspecified atom stereocenters. The van der Waals surface area contributed by atoms with Gasteiger partial charge in [-0.25, -0.2) is 4.79 Å². The fourth-order valence-corrected chi connectivity index (χ4v) is 2.52. The highest BCUT2D eigenvalue weighted by atomic mass is 16.5. The van der Waals surface area contributed by atoms with E-state index >= 15 is 0 Å². The van der Waals surface area contributed by atoms with Gasteiger partial charge in [-0.3, -0.25) is 0 Å². The van der Waals surface area contributed by atoms with Crippen LogP contribution in [0.15, 0.2) is 52.9 Å². The van der Waals surface area contributed by atoms with Gasteiger partial charge in [-0.2, -0.15) is 0 Å². The highest BCUT2D eigenvalue weighted by Gasteiger charge is 2.26. The predicted octanol–water partition coefficient (Wildman–Crippen LogP) is 3.56. The molecule has 1 aliphatic rings. The molecule has 3 aromatic rings. The summed E-state index contributed by atoms with van der Waals surface area (Å²) in [5, 5.41) is 0.815. The standard InChI is InChI=1S/C16H10O3/c17-16-15-11-6-2-4-8-13(11)18-14(15)9-10-5-1-3-7-12(10)19-16/h1-8H,9H2. The smallest absolute Gasteiger partial charge is 0.347 e. The van der Waals surface area contributed by atoms with E-state index in [0.717, 1.165) is 16.5 Å². The van der Waals surface area contributed by atoms with E-state index in [9.17, 15) is 4.79 Å². The SMILES string of the molecule is O=C1Oc2ccccc2Cc2oc3ccccc3c21. The molecule has 19 heavy (non-hydrogen) atoms. The van der Waals surface area contributed by atoms with Gasteiger partial charge in [0.1, 0.15) is 22.7 Å². The van der Waals surface area contributed by atoms with Gasteiger partial charge in [0.05, 0.1) is 0 Å². The minimum atomic E-state index is -0.343. The molecule has 0 saturated carbocycles. The van der Waals surface area contributed by atoms with Gasteiger partial charge in [0.25, 0.3) is 0 Å². The van der Waals surface area contributed by atoms with Crippen LogP contribution in [0.5, 0.6) is 5.75 Å². The lowest BCUT2D eigenvalue weighted by Gasteiger charge is -2.03. The van der Waals surface area contributed by atoms with Gasteiger partial charge in [0, 0.05) is 17.4 Å². The van der Waals surface area contributed by atoms with Gasteiger partial charge in [0.15, 0.2) is 0 Å². The first kappa shape index (κ1) is 10.4. The van der Waals surface area contributed by atoms with Crippen LogP contribution in [0.1, 0.15) is 21.7 Å². The monoisotopic (exact) mass is 250 g/mol. The molecule has 0 atom stereocenters. The van der Waals surface area contributed by atoms with Crippen LogP contribution in [-0.2, 0) is 6.42 Å². The lowest BCUT2D eigenvalue weighted by atomic mass is 10.1. The zero-order chi connectivity index (χ0) is 12.8. The van der Waals surface area contributed by atoms with Crippen LogP contribution in [-0.4, -0.2) is 5.97 Å². The Hall–Kier alpha value is -2.55. The zero-order valence-corrected chi connectivity index (χ0v) is 10.1. The van der Waals surface area contributed by atoms with Crippen molar-refractivity contribution in [3.8, 4) is 5.75 Å². The number of hydrogen-bond acceptors (Lipinski definition) is 3. The van der Waals surface area contributed by atoms with Crippen LogP contribution < -0.4 is 4.74 Å². The van der Waals surface area contributed by atoms with Crippen molar-refractivity contribution in [1.82, 2.24) is 0 Å². The molecule has 3 heteroatoms. The second kappa shape index (κ2) is 3.72. The number of carbonyl (C=O) groups is 1. The molecule has 1 aliphatic heterocycles. The van der Waals surface area contributed by atoms with Crippen molar-refractivity contribution in [2.75, 3.05) is 0 Å². The number of ether oxygens (including phenoxy) is 1. The molecule has 1 aromatic heterocycles. The van der Waals surface area contributed by atoms with E-state index in [1.54, 1.807) is 6.07 Å². The summed E-state index contributed by atoms with van der Waals surface area (Å²) in [5.41, 5.74) is 2.24. The third kappa shape index (κ3) is 1.48. The van der Waals surface area contributed by atoms with Gasteiger partial charge >= 0.3 is 5.97 Å². The summed E-state index contributed by atoms with van der Waals surface area (Å²) in [4.78, 5) is 12.3. The molecule has 0 bridgehead atoms. The van der Waals surface area contributed by atoms with Crippen molar-refractivity contribution in [2.24, 2.45) is 0 Å². The minimum Gasteiger partial charge on any atom is -0.460 e. The molecule has 2 heterocycles. The maximum atomic E-state index is 12.3. The summed E-state index contributed by atoms with van der Waals surface area (Å²) in [6, 6.07) is 15.1. The predicted molar refractivity (Wildman–Crippen MR) is 70.4 cm³/mol. The Morgan fingerprint density at radius 1 is 0.947 bits per heavy atom. The average molecular weight is 250 g/mol. The van der Waals surface area contributed by atoms with Gasteiger partial charge in [-0.15, -0.1) is 0 Å². The van der Waals surface area contributed by atoms with Gasteiger partial charge < -0.3 is 9.15 Å². The van der Waals surface area contributed by atoms with Crippen molar-refractivity contribution in [2.45, 2.75) is 6.42 Å². The molecule has 0 radical (unpaired) electrons.